The minimum Gasteiger partial charge on any atom is -0.491 e. The Morgan fingerprint density at radius 2 is 1.50 bits per heavy atom. The van der Waals surface area contributed by atoms with Gasteiger partial charge in [-0.25, -0.2) is 24.7 Å². The lowest BCUT2D eigenvalue weighted by Gasteiger charge is -2.24. The molecule has 0 unspecified atom stereocenters. The van der Waals surface area contributed by atoms with E-state index in [0.29, 0.717) is 82.1 Å². The Balaban J connectivity index is 1.27. The molecule has 5 N–H and O–H groups in total. The maximum atomic E-state index is 13.6. The van der Waals surface area contributed by atoms with E-state index in [4.69, 9.17) is 30.9 Å². The molecule has 1 aromatic carbocycles. The molecule has 7 rings (SSSR count). The molecule has 0 fully saturated rings. The van der Waals surface area contributed by atoms with Gasteiger partial charge < -0.3 is 30.4 Å². The van der Waals surface area contributed by atoms with Crippen LogP contribution in [0.4, 0.5) is 10.7 Å². The number of aryl methyl sites for hydroxylation is 4. The highest BCUT2D eigenvalue weighted by Gasteiger charge is 2.24. The van der Waals surface area contributed by atoms with Gasteiger partial charge in [-0.2, -0.15) is 10.2 Å². The van der Waals surface area contributed by atoms with Crippen molar-refractivity contribution in [2.24, 2.45) is 11.5 Å². The van der Waals surface area contributed by atoms with Crippen molar-refractivity contribution in [1.29, 1.82) is 0 Å². The molecular formula is C44H52N14O6. The van der Waals surface area contributed by atoms with Gasteiger partial charge in [-0.15, -0.1) is 0 Å². The molecule has 64 heavy (non-hydrogen) atoms. The Hall–Kier alpha value is -7.64. The van der Waals surface area contributed by atoms with Crippen LogP contribution < -0.4 is 21.5 Å². The van der Waals surface area contributed by atoms with E-state index >= 15 is 0 Å². The van der Waals surface area contributed by atoms with Gasteiger partial charge in [-0.05, 0) is 85.2 Å². The molecule has 0 spiro atoms. The highest BCUT2D eigenvalue weighted by molar-refractivity contribution is 6.12. The van der Waals surface area contributed by atoms with Gasteiger partial charge in [0.25, 0.3) is 5.91 Å². The van der Waals surface area contributed by atoms with Crippen LogP contribution in [0.5, 0.6) is 5.75 Å². The smallest absolute Gasteiger partial charge is 0.410 e. The van der Waals surface area contributed by atoms with Crippen molar-refractivity contribution in [2.75, 3.05) is 25.5 Å². The number of imidazole rings is 1. The van der Waals surface area contributed by atoms with Gasteiger partial charge in [0.05, 0.1) is 29.1 Å². The molecule has 0 bridgehead atoms. The van der Waals surface area contributed by atoms with Gasteiger partial charge in [0, 0.05) is 68.5 Å². The molecule has 0 aliphatic heterocycles. The van der Waals surface area contributed by atoms with Crippen molar-refractivity contribution >= 4 is 62.9 Å². The topological polar surface area (TPSA) is 251 Å². The van der Waals surface area contributed by atoms with Crippen molar-refractivity contribution in [1.82, 2.24) is 53.5 Å². The molecule has 0 aliphatic carbocycles. The Morgan fingerprint density at radius 1 is 0.812 bits per heavy atom. The molecule has 20 heteroatoms. The fourth-order valence-electron chi connectivity index (χ4n) is 7.31. The van der Waals surface area contributed by atoms with Crippen LogP contribution in [-0.2, 0) is 30.9 Å². The molecule has 7 aromatic rings. The number of allylic oxidation sites excluding steroid dienone is 2. The number of rotatable bonds is 16. The van der Waals surface area contributed by atoms with E-state index < -0.39 is 29.4 Å². The van der Waals surface area contributed by atoms with Gasteiger partial charge in [0.1, 0.15) is 33.9 Å². The number of aromatic nitrogens is 10. The second-order valence-electron chi connectivity index (χ2n) is 16.3. The minimum atomic E-state index is -0.663. The standard InChI is InChI=1S/C44H52N14O6/c1-9-57-32(18-25(3)52-57)38-47-24-30-29-20-27(36(45)59)22-34(63-17-13-14-54(8)43(62)64-44(5,6)7)35(29)55(39(30)50-38)15-11-12-16-56-40-31(21-28(23-48-40)37(46)60)49-42(56)51-41(61)33-19-26(4)53-58(33)10-2/h11-12,18-24H,9-10,13-17H2,1-8H3,(H2,45,59)(H2,46,60)(H,49,51,61)/b12-11+. The lowest BCUT2D eigenvalue weighted by Crippen LogP contribution is -2.35. The molecule has 0 radical (unpaired) electrons. The number of nitrogens with zero attached hydrogens (tertiary/aromatic N) is 11. The first kappa shape index (κ1) is 44.4. The third-order valence-electron chi connectivity index (χ3n) is 10.2. The number of hydrogen-bond acceptors (Lipinski definition) is 12. The first-order valence-corrected chi connectivity index (χ1v) is 20.9. The predicted octanol–water partition coefficient (Wildman–Crippen LogP) is 5.39. The van der Waals surface area contributed by atoms with E-state index in [2.05, 4.69) is 25.5 Å². The molecule has 0 atom stereocenters. The van der Waals surface area contributed by atoms with Gasteiger partial charge >= 0.3 is 6.09 Å². The SMILES string of the molecule is CCn1nc(C)cc1C(=O)Nc1nc2cc(C(N)=O)cnc2n1C/C=C/Cn1c2nc(-c3cc(C)nn3CC)ncc2c2cc(C(N)=O)cc(OCCCN(C)C(=O)OC(C)(C)C)c21. The first-order valence-electron chi connectivity index (χ1n) is 20.9. The number of nitrogens with one attached hydrogen (secondary N) is 1. The molecule has 0 saturated heterocycles. The monoisotopic (exact) mass is 872 g/mol. The lowest BCUT2D eigenvalue weighted by molar-refractivity contribution is 0.0291. The first-order chi connectivity index (χ1) is 30.5. The van der Waals surface area contributed by atoms with Crippen LogP contribution in [0.25, 0.3) is 44.6 Å². The number of carbonyl (C=O) groups excluding carboxylic acids is 4. The highest BCUT2D eigenvalue weighted by Crippen LogP contribution is 2.36. The van der Waals surface area contributed by atoms with Gasteiger partial charge in [-0.3, -0.25) is 33.6 Å². The number of nitrogens with two attached hydrogens (primary N) is 2. The summed E-state index contributed by atoms with van der Waals surface area (Å²) in [6, 6.07) is 8.46. The largest absolute Gasteiger partial charge is 0.491 e. The van der Waals surface area contributed by atoms with E-state index in [9.17, 15) is 19.2 Å². The Bertz CT molecular complexity index is 2970. The quantitative estimate of drug-likeness (QED) is 0.0817. The summed E-state index contributed by atoms with van der Waals surface area (Å²) in [4.78, 5) is 71.4. The molecule has 4 amide bonds. The zero-order valence-corrected chi connectivity index (χ0v) is 37.2. The Kier molecular flexibility index (Phi) is 12.5. The third kappa shape index (κ3) is 9.25. The number of anilines is 1. The number of carbonyl (C=O) groups is 4. The Labute approximate surface area is 368 Å². The van der Waals surface area contributed by atoms with E-state index in [1.165, 1.54) is 17.2 Å². The molecule has 20 nitrogen and oxygen atoms in total. The maximum Gasteiger partial charge on any atom is 0.410 e. The normalized spacial score (nSPS) is 11.9. The fraction of sp³-hybridized carbons (Fsp3) is 0.364. The molecule has 334 valence electrons. The number of fused-ring (bicyclic) bond motifs is 4. The molecule has 0 saturated carbocycles. The number of benzene rings is 1. The minimum absolute atomic E-state index is 0.169. The zero-order valence-electron chi connectivity index (χ0n) is 37.2. The average Bonchev–Trinajstić information content (AvgIpc) is 4.00. The lowest BCUT2D eigenvalue weighted by atomic mass is 10.1. The fourth-order valence-corrected chi connectivity index (χ4v) is 7.31. The summed E-state index contributed by atoms with van der Waals surface area (Å²) in [7, 11) is 1.66. The molecule has 6 aromatic heterocycles. The third-order valence-corrected chi connectivity index (χ3v) is 10.2. The van der Waals surface area contributed by atoms with Gasteiger partial charge in [0.2, 0.25) is 17.8 Å². The number of hydrogen-bond donors (Lipinski definition) is 3. The van der Waals surface area contributed by atoms with Crippen LogP contribution >= 0.6 is 0 Å². The van der Waals surface area contributed by atoms with Crippen molar-refractivity contribution in [2.45, 2.75) is 86.7 Å². The highest BCUT2D eigenvalue weighted by atomic mass is 16.6. The van der Waals surface area contributed by atoms with E-state index in [1.807, 2.05) is 75.9 Å². The average molecular weight is 873 g/mol. The predicted molar refractivity (Wildman–Crippen MR) is 240 cm³/mol. The van der Waals surface area contributed by atoms with Crippen LogP contribution in [0.15, 0.2) is 54.9 Å². The van der Waals surface area contributed by atoms with Gasteiger partial charge in [0.15, 0.2) is 11.5 Å². The molecule has 0 aliphatic rings. The van der Waals surface area contributed by atoms with Gasteiger partial charge in [-0.1, -0.05) is 12.2 Å². The number of primary amides is 2. The molecule has 6 heterocycles. The van der Waals surface area contributed by atoms with Crippen LogP contribution in [-0.4, -0.2) is 103 Å². The maximum absolute atomic E-state index is 13.6. The summed E-state index contributed by atoms with van der Waals surface area (Å²) in [6.07, 6.45) is 6.91. The van der Waals surface area contributed by atoms with E-state index in [-0.39, 0.29) is 36.8 Å². The van der Waals surface area contributed by atoms with Crippen LogP contribution in [0.2, 0.25) is 0 Å². The van der Waals surface area contributed by atoms with E-state index in [1.54, 1.807) is 40.7 Å². The zero-order chi connectivity index (χ0) is 46.0. The number of amides is 4. The van der Waals surface area contributed by atoms with Crippen LogP contribution in [0, 0.1) is 13.8 Å². The Morgan fingerprint density at radius 3 is 2.19 bits per heavy atom. The second kappa shape index (κ2) is 18.0. The van der Waals surface area contributed by atoms with E-state index in [0.717, 1.165) is 11.4 Å². The van der Waals surface area contributed by atoms with Crippen molar-refractivity contribution in [3.63, 3.8) is 0 Å². The van der Waals surface area contributed by atoms with Crippen LogP contribution in [0.3, 0.4) is 0 Å². The summed E-state index contributed by atoms with van der Waals surface area (Å²) >= 11 is 0. The summed E-state index contributed by atoms with van der Waals surface area (Å²) in [5, 5.41) is 13.2. The summed E-state index contributed by atoms with van der Waals surface area (Å²) in [5.41, 5.74) is 15.8. The van der Waals surface area contributed by atoms with Crippen molar-refractivity contribution in [3.05, 3.63) is 83.1 Å². The number of pyridine rings is 1. The summed E-state index contributed by atoms with van der Waals surface area (Å²) in [5.74, 6) is -0.684. The van der Waals surface area contributed by atoms with Crippen molar-refractivity contribution < 1.29 is 28.7 Å². The molecular weight excluding hydrogens is 821 g/mol. The van der Waals surface area contributed by atoms with Crippen LogP contribution in [0.1, 0.15) is 83.6 Å². The second-order valence-corrected chi connectivity index (χ2v) is 16.3. The number of ether oxygens (including phenoxy) is 2. The van der Waals surface area contributed by atoms with Crippen molar-refractivity contribution in [3.8, 4) is 17.3 Å². The summed E-state index contributed by atoms with van der Waals surface area (Å²) in [6.45, 7) is 15.1. The summed E-state index contributed by atoms with van der Waals surface area (Å²) < 4.78 is 19.0.